The quantitative estimate of drug-likeness (QED) is 0.839. The predicted molar refractivity (Wildman–Crippen MR) is 104 cm³/mol. The van der Waals surface area contributed by atoms with Crippen LogP contribution in [0.15, 0.2) is 24.3 Å². The van der Waals surface area contributed by atoms with E-state index >= 15 is 0 Å². The second-order valence-corrected chi connectivity index (χ2v) is 8.05. The maximum atomic E-state index is 5.90. The van der Waals surface area contributed by atoms with Gasteiger partial charge in [-0.3, -0.25) is 4.68 Å². The Morgan fingerprint density at radius 3 is 2.20 bits per heavy atom. The van der Waals surface area contributed by atoms with Gasteiger partial charge in [-0.25, -0.2) is 0 Å². The van der Waals surface area contributed by atoms with Crippen LogP contribution in [0.1, 0.15) is 63.2 Å². The molecule has 1 heterocycles. The third kappa shape index (κ3) is 5.33. The summed E-state index contributed by atoms with van der Waals surface area (Å²) in [5, 5.41) is 8.21. The minimum Gasteiger partial charge on any atom is -0.488 e. The van der Waals surface area contributed by atoms with Gasteiger partial charge in [0.15, 0.2) is 0 Å². The fraction of sp³-hybridized carbons (Fsp3) is 0.571. The fourth-order valence-electron chi connectivity index (χ4n) is 3.18. The number of aryl methyl sites for hydroxylation is 2. The number of hydrogen-bond donors (Lipinski definition) is 1. The van der Waals surface area contributed by atoms with E-state index in [1.807, 2.05) is 11.7 Å². The summed E-state index contributed by atoms with van der Waals surface area (Å²) < 4.78 is 7.86. The van der Waals surface area contributed by atoms with Crippen LogP contribution in [0.25, 0.3) is 0 Å². The van der Waals surface area contributed by atoms with Gasteiger partial charge in [0.05, 0.1) is 5.69 Å². The van der Waals surface area contributed by atoms with E-state index in [1.165, 1.54) is 16.8 Å². The molecular weight excluding hydrogens is 310 g/mol. The first-order valence-corrected chi connectivity index (χ1v) is 9.11. The topological polar surface area (TPSA) is 39.1 Å². The molecule has 25 heavy (non-hydrogen) atoms. The van der Waals surface area contributed by atoms with Crippen LogP contribution in [0.5, 0.6) is 5.75 Å². The molecule has 0 bridgehead atoms. The van der Waals surface area contributed by atoms with Gasteiger partial charge in [0, 0.05) is 24.8 Å². The van der Waals surface area contributed by atoms with Crippen LogP contribution in [-0.4, -0.2) is 21.4 Å². The minimum atomic E-state index is -0.167. The summed E-state index contributed by atoms with van der Waals surface area (Å²) in [5.74, 6) is 0.915. The molecule has 0 fully saturated rings. The highest BCUT2D eigenvalue weighted by molar-refractivity contribution is 5.30. The van der Waals surface area contributed by atoms with Crippen LogP contribution >= 0.6 is 0 Å². The number of nitrogens with one attached hydrogen (secondary N) is 1. The third-order valence-electron chi connectivity index (χ3n) is 4.51. The lowest BCUT2D eigenvalue weighted by Crippen LogP contribution is -2.31. The van der Waals surface area contributed by atoms with Crippen molar-refractivity contribution in [2.45, 2.75) is 72.6 Å². The second kappa shape index (κ2) is 7.61. The van der Waals surface area contributed by atoms with Gasteiger partial charge >= 0.3 is 0 Å². The Morgan fingerprint density at radius 1 is 1.12 bits per heavy atom. The monoisotopic (exact) mass is 343 g/mol. The van der Waals surface area contributed by atoms with E-state index in [-0.39, 0.29) is 11.6 Å². The van der Waals surface area contributed by atoms with Crippen LogP contribution in [-0.2, 0) is 13.5 Å². The molecule has 4 nitrogen and oxygen atoms in total. The van der Waals surface area contributed by atoms with Crippen LogP contribution in [0.3, 0.4) is 0 Å². The molecule has 0 unspecified atom stereocenters. The third-order valence-corrected chi connectivity index (χ3v) is 4.51. The summed E-state index contributed by atoms with van der Waals surface area (Å²) in [6, 6.07) is 9.06. The van der Waals surface area contributed by atoms with Crippen LogP contribution in [0, 0.1) is 13.8 Å². The average molecular weight is 344 g/mol. The SMILES string of the molecule is Cc1nn(C)c(C)c1C[C@H](C)N[C@H](C)c1ccc(OC(C)(C)C)cc1. The highest BCUT2D eigenvalue weighted by Crippen LogP contribution is 2.22. The average Bonchev–Trinajstić information content (AvgIpc) is 2.72. The number of hydrogen-bond acceptors (Lipinski definition) is 3. The number of aromatic nitrogens is 2. The number of benzene rings is 1. The highest BCUT2D eigenvalue weighted by atomic mass is 16.5. The van der Waals surface area contributed by atoms with Crippen molar-refractivity contribution in [3.8, 4) is 5.75 Å². The van der Waals surface area contributed by atoms with Gasteiger partial charge < -0.3 is 10.1 Å². The van der Waals surface area contributed by atoms with Crippen molar-refractivity contribution in [1.82, 2.24) is 15.1 Å². The highest BCUT2D eigenvalue weighted by Gasteiger charge is 2.16. The lowest BCUT2D eigenvalue weighted by atomic mass is 10.0. The van der Waals surface area contributed by atoms with Gasteiger partial charge in [0.1, 0.15) is 11.4 Å². The maximum absolute atomic E-state index is 5.90. The Morgan fingerprint density at radius 2 is 1.72 bits per heavy atom. The van der Waals surface area contributed by atoms with E-state index in [0.29, 0.717) is 6.04 Å². The molecule has 2 atom stereocenters. The number of nitrogens with zero attached hydrogens (tertiary/aromatic N) is 2. The Bertz CT molecular complexity index is 695. The molecule has 1 aromatic heterocycles. The molecule has 2 aromatic rings. The van der Waals surface area contributed by atoms with Gasteiger partial charge in [-0.05, 0) is 78.1 Å². The summed E-state index contributed by atoms with van der Waals surface area (Å²) >= 11 is 0. The van der Waals surface area contributed by atoms with Crippen molar-refractivity contribution < 1.29 is 4.74 Å². The zero-order chi connectivity index (χ0) is 18.8. The summed E-state index contributed by atoms with van der Waals surface area (Å²) in [4.78, 5) is 0. The summed E-state index contributed by atoms with van der Waals surface area (Å²) in [6.07, 6.45) is 0.987. The van der Waals surface area contributed by atoms with E-state index in [4.69, 9.17) is 4.74 Å². The van der Waals surface area contributed by atoms with Gasteiger partial charge in [-0.15, -0.1) is 0 Å². The zero-order valence-electron chi connectivity index (χ0n) is 17.0. The van der Waals surface area contributed by atoms with E-state index in [2.05, 4.69) is 83.1 Å². The molecule has 0 aliphatic heterocycles. The molecule has 1 N–H and O–H groups in total. The largest absolute Gasteiger partial charge is 0.488 e. The molecule has 0 aliphatic rings. The maximum Gasteiger partial charge on any atom is 0.120 e. The van der Waals surface area contributed by atoms with E-state index in [0.717, 1.165) is 17.9 Å². The number of rotatable bonds is 6. The summed E-state index contributed by atoms with van der Waals surface area (Å²) in [7, 11) is 2.01. The molecule has 0 spiro atoms. The van der Waals surface area contributed by atoms with Gasteiger partial charge in [-0.2, -0.15) is 5.10 Å². The first-order valence-electron chi connectivity index (χ1n) is 9.11. The van der Waals surface area contributed by atoms with Crippen molar-refractivity contribution in [3.63, 3.8) is 0 Å². The smallest absolute Gasteiger partial charge is 0.120 e. The molecular formula is C21H33N3O. The Labute approximate surface area is 152 Å². The lowest BCUT2D eigenvalue weighted by Gasteiger charge is -2.23. The molecule has 1 aromatic carbocycles. The van der Waals surface area contributed by atoms with Crippen LogP contribution < -0.4 is 10.1 Å². The Kier molecular flexibility index (Phi) is 5.94. The van der Waals surface area contributed by atoms with E-state index < -0.39 is 0 Å². The molecule has 0 aliphatic carbocycles. The minimum absolute atomic E-state index is 0.167. The first kappa shape index (κ1) is 19.5. The standard InChI is InChI=1S/C21H33N3O/c1-14(13-20-16(3)23-24(8)17(20)4)22-15(2)18-9-11-19(12-10-18)25-21(5,6)7/h9-12,14-15,22H,13H2,1-8H3/t14-,15+/m0/s1. The molecule has 0 radical (unpaired) electrons. The van der Waals surface area contributed by atoms with Gasteiger partial charge in [-0.1, -0.05) is 12.1 Å². The molecule has 0 saturated carbocycles. The van der Waals surface area contributed by atoms with Crippen molar-refractivity contribution >= 4 is 0 Å². The molecule has 0 amide bonds. The Hall–Kier alpha value is -1.81. The molecule has 2 rings (SSSR count). The second-order valence-electron chi connectivity index (χ2n) is 8.05. The fourth-order valence-corrected chi connectivity index (χ4v) is 3.18. The van der Waals surface area contributed by atoms with Crippen molar-refractivity contribution in [2.75, 3.05) is 0 Å². The van der Waals surface area contributed by atoms with Crippen molar-refractivity contribution in [2.24, 2.45) is 7.05 Å². The summed E-state index contributed by atoms with van der Waals surface area (Å²) in [5.41, 5.74) is 4.84. The zero-order valence-corrected chi connectivity index (χ0v) is 17.0. The molecule has 138 valence electrons. The normalized spacial score (nSPS) is 14.4. The molecule has 0 saturated heterocycles. The lowest BCUT2D eigenvalue weighted by molar-refractivity contribution is 0.131. The van der Waals surface area contributed by atoms with E-state index in [9.17, 15) is 0 Å². The number of ether oxygens (including phenoxy) is 1. The van der Waals surface area contributed by atoms with Crippen molar-refractivity contribution in [1.29, 1.82) is 0 Å². The van der Waals surface area contributed by atoms with Crippen LogP contribution in [0.4, 0.5) is 0 Å². The van der Waals surface area contributed by atoms with E-state index in [1.54, 1.807) is 0 Å². The predicted octanol–water partition coefficient (Wildman–Crippen LogP) is 4.50. The first-order chi connectivity index (χ1) is 11.6. The van der Waals surface area contributed by atoms with Gasteiger partial charge in [0.2, 0.25) is 0 Å². The van der Waals surface area contributed by atoms with Gasteiger partial charge in [0.25, 0.3) is 0 Å². The molecule has 4 heteroatoms. The Balaban J connectivity index is 1.97. The van der Waals surface area contributed by atoms with Crippen LogP contribution in [0.2, 0.25) is 0 Å². The summed E-state index contributed by atoms with van der Waals surface area (Å²) in [6.45, 7) is 14.9. The van der Waals surface area contributed by atoms with Crippen molar-refractivity contribution in [3.05, 3.63) is 46.8 Å².